The number of para-hydroxylation sites is 1. The maximum Gasteiger partial charge on any atom is 0.253 e. The fourth-order valence-corrected chi connectivity index (χ4v) is 3.61. The summed E-state index contributed by atoms with van der Waals surface area (Å²) in [5.74, 6) is 0.505. The summed E-state index contributed by atoms with van der Waals surface area (Å²) in [6.07, 6.45) is 3.47. The van der Waals surface area contributed by atoms with Crippen LogP contribution in [0.4, 0.5) is 5.69 Å². The molecular formula is C23H36N4O3. The summed E-state index contributed by atoms with van der Waals surface area (Å²) in [5, 5.41) is 8.79. The Hall–Kier alpha value is -2.41. The monoisotopic (exact) mass is 416 g/mol. The first-order chi connectivity index (χ1) is 14.4. The van der Waals surface area contributed by atoms with Crippen molar-refractivity contribution >= 4 is 23.4 Å². The largest absolute Gasteiger partial charge is 0.356 e. The van der Waals surface area contributed by atoms with E-state index in [0.29, 0.717) is 42.6 Å². The average Bonchev–Trinajstić information content (AvgIpc) is 2.71. The summed E-state index contributed by atoms with van der Waals surface area (Å²) in [4.78, 5) is 38.9. The summed E-state index contributed by atoms with van der Waals surface area (Å²) in [6, 6.07) is 7.08. The fourth-order valence-electron chi connectivity index (χ4n) is 3.61. The standard InChI is InChI=1S/C23H36N4O3/c1-4-8-21(28)24-14-18-9-7-12-27(15-18)16-22(29)26-20-11-6-5-10-19(20)23(30)25-13-17(2)3/h5-6,10-11,17-18H,4,7-9,12-16H2,1-3H3,(H,24,28)(H,25,30)(H,26,29). The van der Waals surface area contributed by atoms with Crippen molar-refractivity contribution in [2.24, 2.45) is 11.8 Å². The van der Waals surface area contributed by atoms with E-state index in [1.165, 1.54) is 0 Å². The molecule has 3 N–H and O–H groups in total. The van der Waals surface area contributed by atoms with Crippen molar-refractivity contribution in [1.29, 1.82) is 0 Å². The predicted octanol–water partition coefficient (Wildman–Crippen LogP) is 2.64. The molecule has 0 aromatic heterocycles. The van der Waals surface area contributed by atoms with E-state index in [4.69, 9.17) is 0 Å². The molecule has 1 fully saturated rings. The number of anilines is 1. The molecule has 7 nitrogen and oxygen atoms in total. The molecule has 1 aromatic rings. The number of nitrogens with one attached hydrogen (secondary N) is 3. The van der Waals surface area contributed by atoms with Gasteiger partial charge in [0.1, 0.15) is 0 Å². The quantitative estimate of drug-likeness (QED) is 0.547. The maximum absolute atomic E-state index is 12.6. The van der Waals surface area contributed by atoms with E-state index in [9.17, 15) is 14.4 Å². The van der Waals surface area contributed by atoms with Crippen molar-refractivity contribution in [1.82, 2.24) is 15.5 Å². The van der Waals surface area contributed by atoms with Crippen LogP contribution in [0.3, 0.4) is 0 Å². The van der Waals surface area contributed by atoms with Gasteiger partial charge in [-0.05, 0) is 49.8 Å². The third kappa shape index (κ3) is 8.14. The minimum absolute atomic E-state index is 0.0970. The average molecular weight is 417 g/mol. The van der Waals surface area contributed by atoms with Gasteiger partial charge in [-0.15, -0.1) is 0 Å². The van der Waals surface area contributed by atoms with Crippen LogP contribution in [-0.4, -0.2) is 55.3 Å². The molecule has 0 aliphatic carbocycles. The lowest BCUT2D eigenvalue weighted by Crippen LogP contribution is -2.44. The normalized spacial score (nSPS) is 16.9. The minimum atomic E-state index is -0.180. The van der Waals surface area contributed by atoms with Crippen molar-refractivity contribution in [2.45, 2.75) is 46.5 Å². The van der Waals surface area contributed by atoms with Crippen molar-refractivity contribution in [3.63, 3.8) is 0 Å². The Morgan fingerprint density at radius 2 is 1.90 bits per heavy atom. The molecule has 0 spiro atoms. The molecule has 1 atom stereocenters. The Morgan fingerprint density at radius 3 is 2.63 bits per heavy atom. The number of piperidine rings is 1. The van der Waals surface area contributed by atoms with Crippen LogP contribution >= 0.6 is 0 Å². The van der Waals surface area contributed by atoms with Crippen LogP contribution in [-0.2, 0) is 9.59 Å². The molecule has 1 saturated heterocycles. The Kier molecular flexibility index (Phi) is 9.80. The highest BCUT2D eigenvalue weighted by molar-refractivity contribution is 6.04. The van der Waals surface area contributed by atoms with Crippen molar-refractivity contribution in [3.05, 3.63) is 29.8 Å². The van der Waals surface area contributed by atoms with E-state index in [0.717, 1.165) is 32.4 Å². The van der Waals surface area contributed by atoms with E-state index >= 15 is 0 Å². The number of carbonyl (C=O) groups excluding carboxylic acids is 3. The van der Waals surface area contributed by atoms with Gasteiger partial charge in [0.25, 0.3) is 5.91 Å². The van der Waals surface area contributed by atoms with Gasteiger partial charge in [0, 0.05) is 26.1 Å². The molecule has 0 saturated carbocycles. The number of likely N-dealkylation sites (tertiary alicyclic amines) is 1. The predicted molar refractivity (Wildman–Crippen MR) is 119 cm³/mol. The zero-order valence-corrected chi connectivity index (χ0v) is 18.5. The number of hydrogen-bond acceptors (Lipinski definition) is 4. The lowest BCUT2D eigenvalue weighted by atomic mass is 9.98. The molecule has 7 heteroatoms. The molecular weight excluding hydrogens is 380 g/mol. The number of hydrogen-bond donors (Lipinski definition) is 3. The smallest absolute Gasteiger partial charge is 0.253 e. The van der Waals surface area contributed by atoms with Crippen molar-refractivity contribution in [3.8, 4) is 0 Å². The Labute approximate surface area is 180 Å². The Morgan fingerprint density at radius 1 is 1.13 bits per heavy atom. The molecule has 3 amide bonds. The molecule has 1 aromatic carbocycles. The molecule has 1 heterocycles. The van der Waals surface area contributed by atoms with Crippen molar-refractivity contribution < 1.29 is 14.4 Å². The second kappa shape index (κ2) is 12.3. The molecule has 0 radical (unpaired) electrons. The van der Waals surface area contributed by atoms with E-state index in [1.54, 1.807) is 18.2 Å². The first-order valence-corrected chi connectivity index (χ1v) is 11.0. The fraction of sp³-hybridized carbons (Fsp3) is 0.609. The van der Waals surface area contributed by atoms with Crippen LogP contribution < -0.4 is 16.0 Å². The molecule has 0 bridgehead atoms. The summed E-state index contributed by atoms with van der Waals surface area (Å²) < 4.78 is 0. The van der Waals surface area contributed by atoms with E-state index in [1.807, 2.05) is 26.8 Å². The summed E-state index contributed by atoms with van der Waals surface area (Å²) in [5.41, 5.74) is 1.01. The number of nitrogens with zero attached hydrogens (tertiary/aromatic N) is 1. The molecule has 2 rings (SSSR count). The molecule has 30 heavy (non-hydrogen) atoms. The van der Waals surface area contributed by atoms with Gasteiger partial charge in [-0.1, -0.05) is 32.9 Å². The minimum Gasteiger partial charge on any atom is -0.356 e. The molecule has 1 aliphatic heterocycles. The van der Waals surface area contributed by atoms with Gasteiger partial charge in [-0.25, -0.2) is 0 Å². The lowest BCUT2D eigenvalue weighted by Gasteiger charge is -2.32. The highest BCUT2D eigenvalue weighted by atomic mass is 16.2. The van der Waals surface area contributed by atoms with Gasteiger partial charge < -0.3 is 16.0 Å². The second-order valence-corrected chi connectivity index (χ2v) is 8.50. The van der Waals surface area contributed by atoms with Crippen LogP contribution in [0, 0.1) is 11.8 Å². The van der Waals surface area contributed by atoms with E-state index in [2.05, 4.69) is 20.9 Å². The highest BCUT2D eigenvalue weighted by Crippen LogP contribution is 2.18. The summed E-state index contributed by atoms with van der Waals surface area (Å²) in [6.45, 7) is 9.25. The van der Waals surface area contributed by atoms with Gasteiger partial charge in [0.05, 0.1) is 17.8 Å². The number of benzene rings is 1. The molecule has 166 valence electrons. The van der Waals surface area contributed by atoms with Crippen LogP contribution in [0.5, 0.6) is 0 Å². The zero-order valence-electron chi connectivity index (χ0n) is 18.5. The SMILES string of the molecule is CCCC(=O)NCC1CCCN(CC(=O)Nc2ccccc2C(=O)NCC(C)C)C1. The van der Waals surface area contributed by atoms with Crippen LogP contribution in [0.2, 0.25) is 0 Å². The van der Waals surface area contributed by atoms with Crippen LogP contribution in [0.1, 0.15) is 56.8 Å². The van der Waals surface area contributed by atoms with E-state index < -0.39 is 0 Å². The maximum atomic E-state index is 12.6. The summed E-state index contributed by atoms with van der Waals surface area (Å²) in [7, 11) is 0. The van der Waals surface area contributed by atoms with Gasteiger partial charge in [-0.2, -0.15) is 0 Å². The Balaban J connectivity index is 1.86. The number of rotatable bonds is 10. The second-order valence-electron chi connectivity index (χ2n) is 8.50. The third-order valence-corrected chi connectivity index (χ3v) is 5.15. The third-order valence-electron chi connectivity index (χ3n) is 5.15. The first-order valence-electron chi connectivity index (χ1n) is 11.0. The van der Waals surface area contributed by atoms with Gasteiger partial charge in [0.15, 0.2) is 0 Å². The lowest BCUT2D eigenvalue weighted by molar-refractivity contribution is -0.121. The molecule has 1 aliphatic rings. The van der Waals surface area contributed by atoms with Gasteiger partial charge in [0.2, 0.25) is 11.8 Å². The van der Waals surface area contributed by atoms with Crippen LogP contribution in [0.15, 0.2) is 24.3 Å². The van der Waals surface area contributed by atoms with Crippen molar-refractivity contribution in [2.75, 3.05) is 38.0 Å². The Bertz CT molecular complexity index is 720. The highest BCUT2D eigenvalue weighted by Gasteiger charge is 2.22. The molecule has 1 unspecified atom stereocenters. The number of carbonyl (C=O) groups is 3. The topological polar surface area (TPSA) is 90.5 Å². The zero-order chi connectivity index (χ0) is 21.9. The van der Waals surface area contributed by atoms with E-state index in [-0.39, 0.29) is 24.3 Å². The van der Waals surface area contributed by atoms with Crippen LogP contribution in [0.25, 0.3) is 0 Å². The summed E-state index contributed by atoms with van der Waals surface area (Å²) >= 11 is 0. The first kappa shape index (κ1) is 23.9. The van der Waals surface area contributed by atoms with Gasteiger partial charge >= 0.3 is 0 Å². The van der Waals surface area contributed by atoms with Gasteiger partial charge in [-0.3, -0.25) is 19.3 Å². The number of amides is 3.